The van der Waals surface area contributed by atoms with Gasteiger partial charge in [0.1, 0.15) is 0 Å². The van der Waals surface area contributed by atoms with Crippen LogP contribution in [0.4, 0.5) is 0 Å². The minimum Gasteiger partial charge on any atom is -0.370 e. The summed E-state index contributed by atoms with van der Waals surface area (Å²) in [7, 11) is 0. The van der Waals surface area contributed by atoms with Crippen molar-refractivity contribution in [2.24, 2.45) is 10.7 Å². The second-order valence-electron chi connectivity index (χ2n) is 1.84. The fraction of sp³-hybridized carbons (Fsp3) is 0.400. The first-order valence-corrected chi connectivity index (χ1v) is 2.67. The highest BCUT2D eigenvalue weighted by Crippen LogP contribution is 2.02. The summed E-state index contributed by atoms with van der Waals surface area (Å²) in [5.41, 5.74) is 5.20. The van der Waals surface area contributed by atoms with Crippen molar-refractivity contribution in [3.8, 4) is 12.1 Å². The maximum absolute atomic E-state index is 8.39. The molecule has 3 N–H and O–H groups in total. The van der Waals surface area contributed by atoms with Gasteiger partial charge in [0.05, 0.1) is 12.1 Å². The predicted molar refractivity (Wildman–Crippen MR) is 33.6 cm³/mol. The highest BCUT2D eigenvalue weighted by atomic mass is 15.2. The Labute approximate surface area is 57.8 Å². The Balaban J connectivity index is 2.75. The summed E-state index contributed by atoms with van der Waals surface area (Å²) in [6, 6.07) is 2.48. The number of guanidine groups is 1. The molecular weight excluding hydrogens is 130 g/mol. The number of nitrogens with zero attached hydrogens (tertiary/aromatic N) is 3. The number of hydrogen-bond acceptors (Lipinski definition) is 5. The van der Waals surface area contributed by atoms with Gasteiger partial charge in [0.25, 0.3) is 0 Å². The van der Waals surface area contributed by atoms with Crippen molar-refractivity contribution in [3.63, 3.8) is 0 Å². The van der Waals surface area contributed by atoms with Gasteiger partial charge in [0.2, 0.25) is 0 Å². The van der Waals surface area contributed by atoms with Crippen LogP contribution in [0.1, 0.15) is 0 Å². The van der Waals surface area contributed by atoms with E-state index in [1.165, 1.54) is 0 Å². The molecule has 1 aliphatic heterocycles. The predicted octanol–water partition coefficient (Wildman–Crippen LogP) is -1.31. The van der Waals surface area contributed by atoms with Gasteiger partial charge in [-0.1, -0.05) is 0 Å². The maximum atomic E-state index is 8.39. The van der Waals surface area contributed by atoms with Gasteiger partial charge in [-0.3, -0.25) is 0 Å². The smallest absolute Gasteiger partial charge is 0.191 e. The van der Waals surface area contributed by atoms with Crippen LogP contribution in [0, 0.1) is 22.7 Å². The largest absolute Gasteiger partial charge is 0.370 e. The average Bonchev–Trinajstić information content (AvgIpc) is 2.30. The van der Waals surface area contributed by atoms with Gasteiger partial charge in [-0.05, 0) is 0 Å². The van der Waals surface area contributed by atoms with E-state index in [1.807, 2.05) is 12.1 Å². The van der Waals surface area contributed by atoms with E-state index in [9.17, 15) is 0 Å². The maximum Gasteiger partial charge on any atom is 0.191 e. The van der Waals surface area contributed by atoms with Crippen LogP contribution < -0.4 is 11.1 Å². The summed E-state index contributed by atoms with van der Waals surface area (Å²) in [5.74, 6) is 0.165. The van der Waals surface area contributed by atoms with Crippen molar-refractivity contribution in [1.29, 1.82) is 10.5 Å². The standard InChI is InChI=1S/C5H5N5/c6-1-3-4(2-7)10-5(8)9-3/h3-4H,(H3,8,9,10). The molecule has 50 valence electrons. The molecule has 5 heteroatoms. The Morgan fingerprint density at radius 2 is 2.20 bits per heavy atom. The van der Waals surface area contributed by atoms with Crippen molar-refractivity contribution in [3.05, 3.63) is 0 Å². The molecule has 1 aliphatic rings. The van der Waals surface area contributed by atoms with E-state index in [0.29, 0.717) is 0 Å². The summed E-state index contributed by atoms with van der Waals surface area (Å²) in [4.78, 5) is 3.66. The number of nitriles is 2. The summed E-state index contributed by atoms with van der Waals surface area (Å²) in [6.07, 6.45) is 0. The van der Waals surface area contributed by atoms with Crippen LogP contribution in [0.5, 0.6) is 0 Å². The molecule has 0 saturated heterocycles. The zero-order valence-corrected chi connectivity index (χ0v) is 5.07. The third kappa shape index (κ3) is 0.848. The molecule has 2 atom stereocenters. The molecule has 0 bridgehead atoms. The topological polar surface area (TPSA) is 98.0 Å². The van der Waals surface area contributed by atoms with Crippen LogP contribution in [-0.2, 0) is 0 Å². The van der Waals surface area contributed by atoms with E-state index in [4.69, 9.17) is 16.3 Å². The minimum absolute atomic E-state index is 0.165. The molecule has 1 heterocycles. The zero-order valence-electron chi connectivity index (χ0n) is 5.07. The first-order chi connectivity index (χ1) is 4.77. The van der Waals surface area contributed by atoms with E-state index < -0.39 is 12.1 Å². The molecule has 0 aromatic heterocycles. The second-order valence-corrected chi connectivity index (χ2v) is 1.84. The zero-order chi connectivity index (χ0) is 7.56. The molecule has 0 radical (unpaired) electrons. The van der Waals surface area contributed by atoms with E-state index in [2.05, 4.69) is 10.3 Å². The lowest BCUT2D eigenvalue weighted by molar-refractivity contribution is 0.722. The molecular formula is C5H5N5. The van der Waals surface area contributed by atoms with Crippen molar-refractivity contribution >= 4 is 5.96 Å². The summed E-state index contributed by atoms with van der Waals surface area (Å²) >= 11 is 0. The first kappa shape index (κ1) is 6.37. The summed E-state index contributed by atoms with van der Waals surface area (Å²) < 4.78 is 0. The Kier molecular flexibility index (Phi) is 1.43. The van der Waals surface area contributed by atoms with Gasteiger partial charge in [-0.25, -0.2) is 4.99 Å². The van der Waals surface area contributed by atoms with Crippen molar-refractivity contribution in [1.82, 2.24) is 5.32 Å². The second kappa shape index (κ2) is 2.24. The number of hydrogen-bond donors (Lipinski definition) is 2. The normalized spacial score (nSPS) is 29.6. The van der Waals surface area contributed by atoms with Crippen molar-refractivity contribution in [2.45, 2.75) is 12.1 Å². The SMILES string of the molecule is N#CC1N=C(N)NC1C#N. The van der Waals surface area contributed by atoms with Crippen LogP contribution in [0.15, 0.2) is 4.99 Å². The monoisotopic (exact) mass is 135 g/mol. The van der Waals surface area contributed by atoms with Crippen LogP contribution in [-0.4, -0.2) is 18.0 Å². The lowest BCUT2D eigenvalue weighted by Gasteiger charge is -2.00. The molecule has 5 nitrogen and oxygen atoms in total. The first-order valence-electron chi connectivity index (χ1n) is 2.67. The molecule has 1 rings (SSSR count). The highest BCUT2D eigenvalue weighted by Gasteiger charge is 2.26. The third-order valence-corrected chi connectivity index (χ3v) is 1.17. The summed E-state index contributed by atoms with van der Waals surface area (Å²) in [6.45, 7) is 0. The fourth-order valence-electron chi connectivity index (χ4n) is 0.706. The van der Waals surface area contributed by atoms with Gasteiger partial charge < -0.3 is 11.1 Å². The fourth-order valence-corrected chi connectivity index (χ4v) is 0.706. The van der Waals surface area contributed by atoms with Gasteiger partial charge in [0, 0.05) is 0 Å². The number of rotatable bonds is 0. The van der Waals surface area contributed by atoms with Crippen molar-refractivity contribution < 1.29 is 0 Å². The van der Waals surface area contributed by atoms with Gasteiger partial charge in [-0.15, -0.1) is 0 Å². The molecule has 0 saturated carbocycles. The number of nitrogens with one attached hydrogen (secondary N) is 1. The lowest BCUT2D eigenvalue weighted by Crippen LogP contribution is -2.36. The van der Waals surface area contributed by atoms with Crippen LogP contribution >= 0.6 is 0 Å². The van der Waals surface area contributed by atoms with Crippen LogP contribution in [0.3, 0.4) is 0 Å². The molecule has 0 spiro atoms. The Hall–Kier alpha value is -1.75. The summed E-state index contributed by atoms with van der Waals surface area (Å²) in [5, 5.41) is 19.3. The molecule has 0 aromatic carbocycles. The lowest BCUT2D eigenvalue weighted by atomic mass is 10.2. The number of aliphatic imine (C=N–C) groups is 1. The van der Waals surface area contributed by atoms with E-state index in [0.717, 1.165) is 0 Å². The third-order valence-electron chi connectivity index (χ3n) is 1.17. The molecule has 0 aliphatic carbocycles. The number of nitrogens with two attached hydrogens (primary N) is 1. The van der Waals surface area contributed by atoms with E-state index in [-0.39, 0.29) is 5.96 Å². The Morgan fingerprint density at radius 3 is 2.60 bits per heavy atom. The molecule has 0 amide bonds. The molecule has 10 heavy (non-hydrogen) atoms. The minimum atomic E-state index is -0.648. The van der Waals surface area contributed by atoms with E-state index in [1.54, 1.807) is 0 Å². The van der Waals surface area contributed by atoms with Crippen LogP contribution in [0.2, 0.25) is 0 Å². The quantitative estimate of drug-likeness (QED) is 0.430. The van der Waals surface area contributed by atoms with Crippen molar-refractivity contribution in [2.75, 3.05) is 0 Å². The molecule has 0 aromatic rings. The molecule has 2 unspecified atom stereocenters. The highest BCUT2D eigenvalue weighted by molar-refractivity contribution is 5.81. The molecule has 0 fully saturated rings. The van der Waals surface area contributed by atoms with Crippen LogP contribution in [0.25, 0.3) is 0 Å². The Morgan fingerprint density at radius 1 is 1.50 bits per heavy atom. The Bertz CT molecular complexity index is 242. The van der Waals surface area contributed by atoms with Gasteiger partial charge in [-0.2, -0.15) is 10.5 Å². The van der Waals surface area contributed by atoms with Gasteiger partial charge >= 0.3 is 0 Å². The van der Waals surface area contributed by atoms with Gasteiger partial charge in [0.15, 0.2) is 18.0 Å². The van der Waals surface area contributed by atoms with E-state index >= 15 is 0 Å². The average molecular weight is 135 g/mol.